The first kappa shape index (κ1) is 18.2. The molecule has 1 atom stereocenters. The molecule has 1 aromatic carbocycles. The zero-order valence-electron chi connectivity index (χ0n) is 16.0. The number of aromatic nitrogens is 3. The first-order valence-electron chi connectivity index (χ1n) is 9.44. The van der Waals surface area contributed by atoms with Gasteiger partial charge in [0.2, 0.25) is 5.91 Å². The summed E-state index contributed by atoms with van der Waals surface area (Å²) in [6.07, 6.45) is 2.21. The van der Waals surface area contributed by atoms with Gasteiger partial charge in [0.25, 0.3) is 5.91 Å². The Balaban J connectivity index is 1.35. The lowest BCUT2D eigenvalue weighted by Crippen LogP contribution is -2.34. The SMILES string of the molecule is CC(C)N1CC(CNC(=O)c2cc(Cn3cnc4ccccc43)on2)CC1=O. The number of benzene rings is 1. The predicted molar refractivity (Wildman–Crippen MR) is 103 cm³/mol. The average Bonchev–Trinajstić information content (AvgIpc) is 3.39. The molecule has 1 unspecified atom stereocenters. The van der Waals surface area contributed by atoms with Crippen LogP contribution in [-0.4, -0.2) is 50.6 Å². The molecule has 1 saturated heterocycles. The summed E-state index contributed by atoms with van der Waals surface area (Å²) in [6, 6.07) is 9.65. The van der Waals surface area contributed by atoms with Gasteiger partial charge in [-0.3, -0.25) is 9.59 Å². The van der Waals surface area contributed by atoms with E-state index >= 15 is 0 Å². The van der Waals surface area contributed by atoms with Crippen LogP contribution >= 0.6 is 0 Å². The lowest BCUT2D eigenvalue weighted by molar-refractivity contribution is -0.129. The van der Waals surface area contributed by atoms with Crippen LogP contribution in [0.3, 0.4) is 0 Å². The van der Waals surface area contributed by atoms with Crippen molar-refractivity contribution in [1.29, 1.82) is 0 Å². The van der Waals surface area contributed by atoms with Crippen LogP contribution in [0.1, 0.15) is 36.5 Å². The number of hydrogen-bond acceptors (Lipinski definition) is 5. The zero-order chi connectivity index (χ0) is 19.7. The Morgan fingerprint density at radius 2 is 2.18 bits per heavy atom. The highest BCUT2D eigenvalue weighted by Crippen LogP contribution is 2.19. The van der Waals surface area contributed by atoms with Crippen molar-refractivity contribution in [3.8, 4) is 0 Å². The summed E-state index contributed by atoms with van der Waals surface area (Å²) in [5.74, 6) is 0.560. The average molecular weight is 381 g/mol. The topological polar surface area (TPSA) is 93.3 Å². The van der Waals surface area contributed by atoms with E-state index in [1.807, 2.05) is 47.6 Å². The summed E-state index contributed by atoms with van der Waals surface area (Å²) in [6.45, 7) is 5.57. The predicted octanol–water partition coefficient (Wildman–Crippen LogP) is 2.06. The van der Waals surface area contributed by atoms with E-state index in [0.29, 0.717) is 31.8 Å². The van der Waals surface area contributed by atoms with Crippen LogP contribution in [0.2, 0.25) is 0 Å². The van der Waals surface area contributed by atoms with Gasteiger partial charge >= 0.3 is 0 Å². The summed E-state index contributed by atoms with van der Waals surface area (Å²) >= 11 is 0. The molecule has 8 heteroatoms. The highest BCUT2D eigenvalue weighted by Gasteiger charge is 2.31. The number of carbonyl (C=O) groups excluding carboxylic acids is 2. The number of hydrogen-bond donors (Lipinski definition) is 1. The third kappa shape index (κ3) is 3.62. The van der Waals surface area contributed by atoms with Crippen LogP contribution in [0.4, 0.5) is 0 Å². The molecular formula is C20H23N5O3. The molecule has 4 rings (SSSR count). The molecule has 1 fully saturated rings. The molecule has 2 amide bonds. The number of carbonyl (C=O) groups is 2. The lowest BCUT2D eigenvalue weighted by atomic mass is 10.1. The number of likely N-dealkylation sites (tertiary alicyclic amines) is 1. The third-order valence-electron chi connectivity index (χ3n) is 5.06. The van der Waals surface area contributed by atoms with Gasteiger partial charge in [-0.15, -0.1) is 0 Å². The summed E-state index contributed by atoms with van der Waals surface area (Å²) in [4.78, 5) is 30.5. The molecule has 8 nitrogen and oxygen atoms in total. The van der Waals surface area contributed by atoms with Crippen molar-refractivity contribution in [2.24, 2.45) is 5.92 Å². The summed E-state index contributed by atoms with van der Waals surface area (Å²) in [5.41, 5.74) is 2.14. The quantitative estimate of drug-likeness (QED) is 0.705. The van der Waals surface area contributed by atoms with E-state index in [1.165, 1.54) is 0 Å². The van der Waals surface area contributed by atoms with Gasteiger partial charge in [0.05, 0.1) is 23.9 Å². The smallest absolute Gasteiger partial charge is 0.273 e. The Labute approximate surface area is 162 Å². The molecular weight excluding hydrogens is 358 g/mol. The molecule has 3 heterocycles. The fourth-order valence-corrected chi connectivity index (χ4v) is 3.57. The molecule has 0 aliphatic carbocycles. The summed E-state index contributed by atoms with van der Waals surface area (Å²) < 4.78 is 7.27. The van der Waals surface area contributed by atoms with Crippen molar-refractivity contribution in [3.63, 3.8) is 0 Å². The van der Waals surface area contributed by atoms with Crippen LogP contribution in [0, 0.1) is 5.92 Å². The van der Waals surface area contributed by atoms with Crippen molar-refractivity contribution in [2.45, 2.75) is 32.9 Å². The molecule has 0 spiro atoms. The summed E-state index contributed by atoms with van der Waals surface area (Å²) in [5, 5.41) is 6.75. The molecule has 2 aromatic heterocycles. The van der Waals surface area contributed by atoms with Gasteiger partial charge in [-0.2, -0.15) is 0 Å². The van der Waals surface area contributed by atoms with E-state index in [1.54, 1.807) is 12.4 Å². The number of nitrogens with zero attached hydrogens (tertiary/aromatic N) is 4. The largest absolute Gasteiger partial charge is 0.359 e. The fourth-order valence-electron chi connectivity index (χ4n) is 3.57. The Kier molecular flexibility index (Phi) is 4.85. The van der Waals surface area contributed by atoms with E-state index in [9.17, 15) is 9.59 Å². The third-order valence-corrected chi connectivity index (χ3v) is 5.06. The Morgan fingerprint density at radius 3 is 2.96 bits per heavy atom. The highest BCUT2D eigenvalue weighted by atomic mass is 16.5. The highest BCUT2D eigenvalue weighted by molar-refractivity contribution is 5.92. The number of fused-ring (bicyclic) bond motifs is 1. The molecule has 28 heavy (non-hydrogen) atoms. The van der Waals surface area contributed by atoms with Gasteiger partial charge < -0.3 is 19.3 Å². The minimum absolute atomic E-state index is 0.127. The molecule has 1 N–H and O–H groups in total. The minimum atomic E-state index is -0.291. The zero-order valence-corrected chi connectivity index (χ0v) is 16.0. The Bertz CT molecular complexity index is 1010. The number of amides is 2. The molecule has 0 bridgehead atoms. The monoisotopic (exact) mass is 381 g/mol. The Morgan fingerprint density at radius 1 is 1.36 bits per heavy atom. The lowest BCUT2D eigenvalue weighted by Gasteiger charge is -2.20. The van der Waals surface area contributed by atoms with Gasteiger partial charge in [-0.1, -0.05) is 17.3 Å². The molecule has 0 saturated carbocycles. The van der Waals surface area contributed by atoms with Crippen molar-refractivity contribution in [2.75, 3.05) is 13.1 Å². The number of nitrogens with one attached hydrogen (secondary N) is 1. The van der Waals surface area contributed by atoms with Crippen molar-refractivity contribution >= 4 is 22.8 Å². The second-order valence-corrected chi connectivity index (χ2v) is 7.46. The van der Waals surface area contributed by atoms with E-state index in [-0.39, 0.29) is 29.5 Å². The first-order chi connectivity index (χ1) is 13.5. The van der Waals surface area contributed by atoms with Gasteiger partial charge in [-0.25, -0.2) is 4.98 Å². The van der Waals surface area contributed by atoms with E-state index < -0.39 is 0 Å². The van der Waals surface area contributed by atoms with Crippen molar-refractivity contribution in [3.05, 3.63) is 48.1 Å². The number of para-hydroxylation sites is 2. The molecule has 146 valence electrons. The second-order valence-electron chi connectivity index (χ2n) is 7.46. The van der Waals surface area contributed by atoms with E-state index in [2.05, 4.69) is 15.5 Å². The van der Waals surface area contributed by atoms with Crippen LogP contribution < -0.4 is 5.32 Å². The maximum Gasteiger partial charge on any atom is 0.273 e. The molecule has 1 aliphatic heterocycles. The maximum atomic E-state index is 12.4. The number of rotatable bonds is 6. The van der Waals surface area contributed by atoms with Crippen molar-refractivity contribution < 1.29 is 14.1 Å². The van der Waals surface area contributed by atoms with Gasteiger partial charge in [0, 0.05) is 37.5 Å². The van der Waals surface area contributed by atoms with Crippen LogP contribution in [0.5, 0.6) is 0 Å². The number of imidazole rings is 1. The fraction of sp³-hybridized carbons (Fsp3) is 0.400. The molecule has 0 radical (unpaired) electrons. The maximum absolute atomic E-state index is 12.4. The van der Waals surface area contributed by atoms with Crippen LogP contribution in [0.25, 0.3) is 11.0 Å². The van der Waals surface area contributed by atoms with Crippen LogP contribution in [-0.2, 0) is 11.3 Å². The Hall–Kier alpha value is -3.16. The van der Waals surface area contributed by atoms with Gasteiger partial charge in [0.15, 0.2) is 11.5 Å². The normalized spacial score (nSPS) is 17.0. The second kappa shape index (κ2) is 7.46. The van der Waals surface area contributed by atoms with Gasteiger partial charge in [0.1, 0.15) is 0 Å². The molecule has 3 aromatic rings. The van der Waals surface area contributed by atoms with Gasteiger partial charge in [-0.05, 0) is 26.0 Å². The van der Waals surface area contributed by atoms with Crippen molar-refractivity contribution in [1.82, 2.24) is 24.9 Å². The van der Waals surface area contributed by atoms with E-state index in [0.717, 1.165) is 11.0 Å². The summed E-state index contributed by atoms with van der Waals surface area (Å²) in [7, 11) is 0. The van der Waals surface area contributed by atoms with E-state index in [4.69, 9.17) is 4.52 Å². The first-order valence-corrected chi connectivity index (χ1v) is 9.44. The standard InChI is InChI=1S/C20H23N5O3/c1-13(2)25-10-14(7-19(25)26)9-21-20(27)17-8-15(28-23-17)11-24-12-22-16-5-3-4-6-18(16)24/h3-6,8,12-14H,7,9-11H2,1-2H3,(H,21,27). The molecule has 1 aliphatic rings. The minimum Gasteiger partial charge on any atom is -0.359 e. The van der Waals surface area contributed by atoms with Crippen LogP contribution in [0.15, 0.2) is 41.2 Å².